The number of rotatable bonds is 5. The minimum Gasteiger partial charge on any atom is -0.452 e. The third-order valence-electron chi connectivity index (χ3n) is 2.55. The molecule has 1 rings (SSSR count). The number of ether oxygens (including phenoxy) is 1. The first-order valence-corrected chi connectivity index (χ1v) is 7.24. The SMILES string of the molecule is CNC(=O)COC(=O)c1cc(S(=O)(=O)N(C)C)ccc1F. The van der Waals surface area contributed by atoms with Crippen molar-refractivity contribution < 1.29 is 27.1 Å². The Morgan fingerprint density at radius 2 is 1.95 bits per heavy atom. The lowest BCUT2D eigenvalue weighted by atomic mass is 10.2. The van der Waals surface area contributed by atoms with Gasteiger partial charge in [-0.05, 0) is 18.2 Å². The number of hydrogen-bond acceptors (Lipinski definition) is 5. The van der Waals surface area contributed by atoms with Crippen LogP contribution in [0.4, 0.5) is 4.39 Å². The minimum atomic E-state index is -3.81. The average molecular weight is 318 g/mol. The summed E-state index contributed by atoms with van der Waals surface area (Å²) in [5.41, 5.74) is -0.554. The van der Waals surface area contributed by atoms with Crippen LogP contribution in [0.3, 0.4) is 0 Å². The molecule has 0 aliphatic heterocycles. The molecule has 7 nitrogen and oxygen atoms in total. The molecule has 0 bridgehead atoms. The van der Waals surface area contributed by atoms with Crippen molar-refractivity contribution in [2.24, 2.45) is 0 Å². The molecule has 0 saturated carbocycles. The molecule has 1 N–H and O–H groups in total. The van der Waals surface area contributed by atoms with E-state index in [1.54, 1.807) is 0 Å². The fourth-order valence-corrected chi connectivity index (χ4v) is 2.24. The monoisotopic (exact) mass is 318 g/mol. The van der Waals surface area contributed by atoms with Gasteiger partial charge in [0, 0.05) is 21.1 Å². The Labute approximate surface area is 121 Å². The summed E-state index contributed by atoms with van der Waals surface area (Å²) in [6, 6.07) is 2.77. The summed E-state index contributed by atoms with van der Waals surface area (Å²) in [6.45, 7) is -0.584. The number of esters is 1. The van der Waals surface area contributed by atoms with Gasteiger partial charge < -0.3 is 10.1 Å². The summed E-state index contributed by atoms with van der Waals surface area (Å²) in [5, 5.41) is 2.22. The van der Waals surface area contributed by atoms with Crippen molar-refractivity contribution in [1.29, 1.82) is 0 Å². The minimum absolute atomic E-state index is 0.249. The van der Waals surface area contributed by atoms with Gasteiger partial charge in [0.05, 0.1) is 10.5 Å². The van der Waals surface area contributed by atoms with Crippen LogP contribution < -0.4 is 5.32 Å². The van der Waals surface area contributed by atoms with Crippen LogP contribution in [0.25, 0.3) is 0 Å². The molecule has 9 heteroatoms. The van der Waals surface area contributed by atoms with E-state index in [0.717, 1.165) is 22.5 Å². The number of carbonyl (C=O) groups is 2. The van der Waals surface area contributed by atoms with Gasteiger partial charge in [-0.25, -0.2) is 21.9 Å². The first kappa shape index (κ1) is 17.1. The molecule has 0 saturated heterocycles. The highest BCUT2D eigenvalue weighted by molar-refractivity contribution is 7.89. The molecule has 1 aromatic rings. The van der Waals surface area contributed by atoms with E-state index in [0.29, 0.717) is 0 Å². The van der Waals surface area contributed by atoms with Crippen LogP contribution in [0.2, 0.25) is 0 Å². The summed E-state index contributed by atoms with van der Waals surface area (Å²) in [4.78, 5) is 22.4. The summed E-state index contributed by atoms with van der Waals surface area (Å²) < 4.78 is 43.0. The molecule has 0 aromatic heterocycles. The van der Waals surface area contributed by atoms with Crippen LogP contribution in [-0.2, 0) is 19.6 Å². The van der Waals surface area contributed by atoms with Crippen molar-refractivity contribution >= 4 is 21.9 Å². The fourth-order valence-electron chi connectivity index (χ4n) is 1.31. The molecule has 1 aromatic carbocycles. The number of likely N-dealkylation sites (N-methyl/N-ethyl adjacent to an activating group) is 1. The highest BCUT2D eigenvalue weighted by Gasteiger charge is 2.22. The van der Waals surface area contributed by atoms with Crippen molar-refractivity contribution in [2.45, 2.75) is 4.90 Å². The number of sulfonamides is 1. The number of halogens is 1. The van der Waals surface area contributed by atoms with E-state index in [1.807, 2.05) is 0 Å². The molecule has 21 heavy (non-hydrogen) atoms. The lowest BCUT2D eigenvalue weighted by Crippen LogP contribution is -2.26. The number of nitrogens with zero attached hydrogens (tertiary/aromatic N) is 1. The van der Waals surface area contributed by atoms with Gasteiger partial charge in [0.15, 0.2) is 6.61 Å². The van der Waals surface area contributed by atoms with E-state index < -0.39 is 39.9 Å². The second-order valence-electron chi connectivity index (χ2n) is 4.18. The first-order chi connectivity index (χ1) is 9.70. The Kier molecular flexibility index (Phi) is 5.39. The lowest BCUT2D eigenvalue weighted by molar-refractivity contribution is -0.123. The normalized spacial score (nSPS) is 11.3. The molecular formula is C12H15FN2O5S. The molecule has 0 heterocycles. The number of carbonyl (C=O) groups excluding carboxylic acids is 2. The lowest BCUT2D eigenvalue weighted by Gasteiger charge is -2.12. The first-order valence-electron chi connectivity index (χ1n) is 5.80. The molecule has 0 unspecified atom stereocenters. The summed E-state index contributed by atoms with van der Waals surface area (Å²) in [7, 11) is 0.158. The number of nitrogens with one attached hydrogen (secondary N) is 1. The van der Waals surface area contributed by atoms with E-state index in [9.17, 15) is 22.4 Å². The van der Waals surface area contributed by atoms with Crippen molar-refractivity contribution in [3.8, 4) is 0 Å². The van der Waals surface area contributed by atoms with Gasteiger partial charge in [-0.2, -0.15) is 0 Å². The van der Waals surface area contributed by atoms with E-state index in [2.05, 4.69) is 10.1 Å². The maximum absolute atomic E-state index is 13.6. The van der Waals surface area contributed by atoms with Crippen LogP contribution in [0.1, 0.15) is 10.4 Å². The van der Waals surface area contributed by atoms with Gasteiger partial charge in [0.2, 0.25) is 10.0 Å². The molecule has 116 valence electrons. The smallest absolute Gasteiger partial charge is 0.341 e. The molecule has 0 spiro atoms. The highest BCUT2D eigenvalue weighted by atomic mass is 32.2. The van der Waals surface area contributed by atoms with Crippen molar-refractivity contribution in [2.75, 3.05) is 27.7 Å². The number of amides is 1. The van der Waals surface area contributed by atoms with E-state index >= 15 is 0 Å². The zero-order chi connectivity index (χ0) is 16.2. The molecule has 0 aliphatic carbocycles. The standard InChI is InChI=1S/C12H15FN2O5S/c1-14-11(16)7-20-12(17)9-6-8(4-5-10(9)13)21(18,19)15(2)3/h4-6H,7H2,1-3H3,(H,14,16). The third-order valence-corrected chi connectivity index (χ3v) is 4.36. The predicted octanol–water partition coefficient (Wildman–Crippen LogP) is -0.0212. The summed E-state index contributed by atoms with van der Waals surface area (Å²) in [5.74, 6) is -2.62. The van der Waals surface area contributed by atoms with Crippen LogP contribution in [0.15, 0.2) is 23.1 Å². The van der Waals surface area contributed by atoms with E-state index in [1.165, 1.54) is 21.1 Å². The summed E-state index contributed by atoms with van der Waals surface area (Å²) in [6.07, 6.45) is 0. The van der Waals surface area contributed by atoms with Crippen molar-refractivity contribution in [3.63, 3.8) is 0 Å². The topological polar surface area (TPSA) is 92.8 Å². The van der Waals surface area contributed by atoms with Crippen molar-refractivity contribution in [1.82, 2.24) is 9.62 Å². The predicted molar refractivity (Wildman–Crippen MR) is 71.6 cm³/mol. The van der Waals surface area contributed by atoms with Gasteiger partial charge in [0.25, 0.3) is 5.91 Å². The Morgan fingerprint density at radius 3 is 2.48 bits per heavy atom. The quantitative estimate of drug-likeness (QED) is 0.770. The van der Waals surface area contributed by atoms with Crippen LogP contribution in [0.5, 0.6) is 0 Å². The average Bonchev–Trinajstić information content (AvgIpc) is 2.44. The Morgan fingerprint density at radius 1 is 1.33 bits per heavy atom. The van der Waals surface area contributed by atoms with Gasteiger partial charge in [-0.15, -0.1) is 0 Å². The maximum Gasteiger partial charge on any atom is 0.341 e. The molecule has 0 aliphatic rings. The van der Waals surface area contributed by atoms with Gasteiger partial charge in [-0.1, -0.05) is 0 Å². The van der Waals surface area contributed by atoms with Gasteiger partial charge >= 0.3 is 5.97 Å². The fraction of sp³-hybridized carbons (Fsp3) is 0.333. The number of hydrogen-bond donors (Lipinski definition) is 1. The molecule has 0 radical (unpaired) electrons. The second-order valence-corrected chi connectivity index (χ2v) is 6.33. The maximum atomic E-state index is 13.6. The molecular weight excluding hydrogens is 303 g/mol. The largest absolute Gasteiger partial charge is 0.452 e. The van der Waals surface area contributed by atoms with Crippen molar-refractivity contribution in [3.05, 3.63) is 29.6 Å². The van der Waals surface area contributed by atoms with Crippen LogP contribution in [0, 0.1) is 5.82 Å². The number of benzene rings is 1. The highest BCUT2D eigenvalue weighted by Crippen LogP contribution is 2.18. The van der Waals surface area contributed by atoms with E-state index in [-0.39, 0.29) is 4.90 Å². The van der Waals surface area contributed by atoms with Crippen LogP contribution >= 0.6 is 0 Å². The van der Waals surface area contributed by atoms with Crippen LogP contribution in [-0.4, -0.2) is 52.3 Å². The summed E-state index contributed by atoms with van der Waals surface area (Å²) >= 11 is 0. The van der Waals surface area contributed by atoms with E-state index in [4.69, 9.17) is 0 Å². The van der Waals surface area contributed by atoms with Gasteiger partial charge in [0.1, 0.15) is 5.82 Å². The molecule has 0 atom stereocenters. The molecule has 0 fully saturated rings. The Hall–Kier alpha value is -2.00. The zero-order valence-electron chi connectivity index (χ0n) is 11.7. The zero-order valence-corrected chi connectivity index (χ0v) is 12.5. The third kappa shape index (κ3) is 3.99. The Balaban J connectivity index is 3.09. The molecule has 1 amide bonds. The van der Waals surface area contributed by atoms with Gasteiger partial charge in [-0.3, -0.25) is 4.79 Å². The Bertz CT molecular complexity index is 658. The second kappa shape index (κ2) is 6.64.